The summed E-state index contributed by atoms with van der Waals surface area (Å²) in [5.41, 5.74) is 0.328. The fourth-order valence-corrected chi connectivity index (χ4v) is 2.59. The third kappa shape index (κ3) is 3.08. The molecule has 6 nitrogen and oxygen atoms in total. The van der Waals surface area contributed by atoms with E-state index in [4.69, 9.17) is 21.4 Å². The van der Waals surface area contributed by atoms with Crippen molar-refractivity contribution in [1.29, 1.82) is 0 Å². The molecule has 0 aromatic carbocycles. The molecule has 1 aromatic heterocycles. The van der Waals surface area contributed by atoms with Crippen molar-refractivity contribution in [3.63, 3.8) is 0 Å². The Bertz CT molecular complexity index is 523. The van der Waals surface area contributed by atoms with Crippen LogP contribution in [0.1, 0.15) is 23.2 Å². The van der Waals surface area contributed by atoms with Gasteiger partial charge in [0.25, 0.3) is 5.91 Å². The molecular weight excluding hydrogens is 284 g/mol. The Morgan fingerprint density at radius 2 is 2.35 bits per heavy atom. The first-order valence-electron chi connectivity index (χ1n) is 6.18. The van der Waals surface area contributed by atoms with E-state index < -0.39 is 5.97 Å². The van der Waals surface area contributed by atoms with Gasteiger partial charge in [0.1, 0.15) is 0 Å². The molecule has 1 aliphatic heterocycles. The Kier molecular flexibility index (Phi) is 4.57. The van der Waals surface area contributed by atoms with Crippen molar-refractivity contribution in [2.45, 2.75) is 25.0 Å². The standard InChI is InChI=1S/C13H15ClN2O4/c1-20-9-4-8(5-12(17)18)16(7-9)13(19)10-2-3-15-6-11(10)14/h2-3,6,8-9H,4-5,7H2,1H3,(H,17,18). The number of hydrogen-bond donors (Lipinski definition) is 1. The van der Waals surface area contributed by atoms with Crippen LogP contribution in [0.5, 0.6) is 0 Å². The molecule has 0 saturated carbocycles. The van der Waals surface area contributed by atoms with E-state index in [2.05, 4.69) is 4.98 Å². The minimum Gasteiger partial charge on any atom is -0.481 e. The van der Waals surface area contributed by atoms with Crippen LogP contribution in [-0.4, -0.2) is 52.7 Å². The Hall–Kier alpha value is -1.66. The van der Waals surface area contributed by atoms with Gasteiger partial charge in [0.2, 0.25) is 0 Å². The predicted octanol–water partition coefficient (Wildman–Crippen LogP) is 1.44. The van der Waals surface area contributed by atoms with Crippen LogP contribution in [0.4, 0.5) is 0 Å². The smallest absolute Gasteiger partial charge is 0.305 e. The van der Waals surface area contributed by atoms with E-state index in [9.17, 15) is 9.59 Å². The molecule has 0 bridgehead atoms. The van der Waals surface area contributed by atoms with Crippen LogP contribution < -0.4 is 0 Å². The number of aliphatic carboxylic acids is 1. The van der Waals surface area contributed by atoms with Crippen molar-refractivity contribution in [3.8, 4) is 0 Å². The van der Waals surface area contributed by atoms with Gasteiger partial charge in [-0.25, -0.2) is 0 Å². The van der Waals surface area contributed by atoms with E-state index in [1.54, 1.807) is 7.11 Å². The van der Waals surface area contributed by atoms with E-state index in [0.717, 1.165) is 0 Å². The maximum absolute atomic E-state index is 12.5. The molecule has 2 rings (SSSR count). The lowest BCUT2D eigenvalue weighted by molar-refractivity contribution is -0.137. The lowest BCUT2D eigenvalue weighted by Gasteiger charge is -2.23. The molecule has 20 heavy (non-hydrogen) atoms. The van der Waals surface area contributed by atoms with E-state index >= 15 is 0 Å². The molecule has 2 atom stereocenters. The zero-order valence-electron chi connectivity index (χ0n) is 11.0. The van der Waals surface area contributed by atoms with Gasteiger partial charge in [0.05, 0.1) is 23.1 Å². The largest absolute Gasteiger partial charge is 0.481 e. The number of carbonyl (C=O) groups is 2. The van der Waals surface area contributed by atoms with Gasteiger partial charge >= 0.3 is 5.97 Å². The number of carboxylic acids is 1. The molecule has 1 aliphatic rings. The van der Waals surface area contributed by atoms with Crippen molar-refractivity contribution in [1.82, 2.24) is 9.88 Å². The summed E-state index contributed by atoms with van der Waals surface area (Å²) in [6.07, 6.45) is 3.13. The molecule has 0 spiro atoms. The number of halogens is 1. The molecular formula is C13H15ClN2O4. The first kappa shape index (κ1) is 14.7. The molecule has 1 aromatic rings. The first-order chi connectivity index (χ1) is 9.52. The van der Waals surface area contributed by atoms with Crippen LogP contribution in [0.15, 0.2) is 18.5 Å². The Morgan fingerprint density at radius 3 is 2.95 bits per heavy atom. The minimum atomic E-state index is -0.939. The summed E-state index contributed by atoms with van der Waals surface area (Å²) in [5.74, 6) is -1.23. The number of likely N-dealkylation sites (tertiary alicyclic amines) is 1. The quantitative estimate of drug-likeness (QED) is 0.910. The molecule has 108 valence electrons. The van der Waals surface area contributed by atoms with Crippen LogP contribution >= 0.6 is 11.6 Å². The number of pyridine rings is 1. The average molecular weight is 299 g/mol. The average Bonchev–Trinajstić information content (AvgIpc) is 2.81. The van der Waals surface area contributed by atoms with Gasteiger partial charge < -0.3 is 14.7 Å². The molecule has 7 heteroatoms. The van der Waals surface area contributed by atoms with Gasteiger partial charge in [0.15, 0.2) is 0 Å². The second-order valence-corrected chi connectivity index (χ2v) is 5.07. The lowest BCUT2D eigenvalue weighted by Crippen LogP contribution is -2.37. The van der Waals surface area contributed by atoms with Crippen molar-refractivity contribution in [2.75, 3.05) is 13.7 Å². The van der Waals surface area contributed by atoms with Crippen LogP contribution in [0.2, 0.25) is 5.02 Å². The van der Waals surface area contributed by atoms with Gasteiger partial charge in [-0.2, -0.15) is 0 Å². The highest BCUT2D eigenvalue weighted by atomic mass is 35.5. The van der Waals surface area contributed by atoms with Crippen molar-refractivity contribution >= 4 is 23.5 Å². The summed E-state index contributed by atoms with van der Waals surface area (Å²) in [7, 11) is 1.55. The van der Waals surface area contributed by atoms with Gasteiger partial charge in [-0.15, -0.1) is 0 Å². The molecule has 1 saturated heterocycles. The van der Waals surface area contributed by atoms with Crippen molar-refractivity contribution < 1.29 is 19.4 Å². The summed E-state index contributed by atoms with van der Waals surface area (Å²) in [6.45, 7) is 0.367. The van der Waals surface area contributed by atoms with Crippen molar-refractivity contribution in [3.05, 3.63) is 29.0 Å². The van der Waals surface area contributed by atoms with Crippen LogP contribution in [0.3, 0.4) is 0 Å². The van der Waals surface area contributed by atoms with E-state index in [0.29, 0.717) is 18.5 Å². The van der Waals surface area contributed by atoms with E-state index in [-0.39, 0.29) is 29.5 Å². The summed E-state index contributed by atoms with van der Waals surface area (Å²) in [4.78, 5) is 28.7. The Labute approximate surface area is 121 Å². The molecule has 1 amide bonds. The molecule has 2 heterocycles. The maximum atomic E-state index is 12.5. The highest BCUT2D eigenvalue weighted by Crippen LogP contribution is 2.26. The van der Waals surface area contributed by atoms with Gasteiger partial charge in [-0.05, 0) is 12.5 Å². The summed E-state index contributed by atoms with van der Waals surface area (Å²) < 4.78 is 5.24. The number of ether oxygens (including phenoxy) is 1. The Balaban J connectivity index is 2.22. The van der Waals surface area contributed by atoms with Crippen molar-refractivity contribution in [2.24, 2.45) is 0 Å². The number of carbonyl (C=O) groups excluding carboxylic acids is 1. The third-order valence-corrected chi connectivity index (χ3v) is 3.68. The molecule has 2 unspecified atom stereocenters. The van der Waals surface area contributed by atoms with Crippen LogP contribution in [-0.2, 0) is 9.53 Å². The lowest BCUT2D eigenvalue weighted by atomic mass is 10.1. The second kappa shape index (κ2) is 6.19. The van der Waals surface area contributed by atoms with Gasteiger partial charge in [0, 0.05) is 32.1 Å². The van der Waals surface area contributed by atoms with Gasteiger partial charge in [-0.3, -0.25) is 14.6 Å². The highest BCUT2D eigenvalue weighted by molar-refractivity contribution is 6.33. The fraction of sp³-hybridized carbons (Fsp3) is 0.462. The Morgan fingerprint density at radius 1 is 1.60 bits per heavy atom. The number of methoxy groups -OCH3 is 1. The minimum absolute atomic E-state index is 0.103. The summed E-state index contributed by atoms with van der Waals surface area (Å²) in [6, 6.07) is 1.15. The molecule has 1 fully saturated rings. The topological polar surface area (TPSA) is 79.7 Å². The van der Waals surface area contributed by atoms with Crippen LogP contribution in [0, 0.1) is 0 Å². The molecule has 0 aliphatic carbocycles. The van der Waals surface area contributed by atoms with E-state index in [1.807, 2.05) is 0 Å². The number of amides is 1. The second-order valence-electron chi connectivity index (χ2n) is 4.66. The predicted molar refractivity (Wildman–Crippen MR) is 71.7 cm³/mol. The normalized spacial score (nSPS) is 22.0. The number of rotatable bonds is 4. The van der Waals surface area contributed by atoms with Gasteiger partial charge in [-0.1, -0.05) is 11.6 Å². The summed E-state index contributed by atoms with van der Waals surface area (Å²) >= 11 is 5.96. The fourth-order valence-electron chi connectivity index (χ4n) is 2.39. The SMILES string of the molecule is COC1CC(CC(=O)O)N(C(=O)c2ccncc2Cl)C1. The first-order valence-corrected chi connectivity index (χ1v) is 6.55. The molecule has 1 N–H and O–H groups in total. The monoisotopic (exact) mass is 298 g/mol. The van der Waals surface area contributed by atoms with E-state index in [1.165, 1.54) is 23.4 Å². The zero-order valence-corrected chi connectivity index (χ0v) is 11.7. The third-order valence-electron chi connectivity index (χ3n) is 3.38. The van der Waals surface area contributed by atoms with Crippen LogP contribution in [0.25, 0.3) is 0 Å². The summed E-state index contributed by atoms with van der Waals surface area (Å²) in [5, 5.41) is 9.20. The number of carboxylic acid groups (broad SMARTS) is 1. The number of nitrogens with zero attached hydrogens (tertiary/aromatic N) is 2. The maximum Gasteiger partial charge on any atom is 0.305 e. The highest BCUT2D eigenvalue weighted by Gasteiger charge is 2.37. The number of hydrogen-bond acceptors (Lipinski definition) is 4. The zero-order chi connectivity index (χ0) is 14.7. The molecule has 0 radical (unpaired) electrons. The number of aromatic nitrogens is 1.